The third kappa shape index (κ3) is 2.13. The molecule has 3 nitrogen and oxygen atoms in total. The molecular weight excluding hydrogens is 298 g/mol. The Kier molecular flexibility index (Phi) is 3.21. The largest absolute Gasteiger partial charge is 0.253 e. The minimum absolute atomic E-state index is 0.231. The number of hydrogen-bond donors (Lipinski definition) is 0. The van der Waals surface area contributed by atoms with Crippen molar-refractivity contribution in [1.29, 1.82) is 0 Å². The Labute approximate surface area is 102 Å². The second-order valence-corrected chi connectivity index (χ2v) is 7.35. The fourth-order valence-electron chi connectivity index (χ4n) is 1.56. The number of thiophene rings is 1. The van der Waals surface area contributed by atoms with E-state index in [1.165, 1.54) is 11.3 Å². The van der Waals surface area contributed by atoms with Gasteiger partial charge >= 0.3 is 0 Å². The van der Waals surface area contributed by atoms with Crippen LogP contribution in [-0.4, -0.2) is 25.3 Å². The predicted molar refractivity (Wildman–Crippen MR) is 64.6 cm³/mol. The summed E-state index contributed by atoms with van der Waals surface area (Å²) in [4.78, 5) is 0. The highest BCUT2D eigenvalue weighted by Gasteiger charge is 2.38. The Hall–Kier alpha value is 0.0900. The zero-order chi connectivity index (χ0) is 11.1. The molecule has 0 atom stereocenters. The Morgan fingerprint density at radius 2 is 2.27 bits per heavy atom. The lowest BCUT2D eigenvalue weighted by Gasteiger charge is -2.18. The van der Waals surface area contributed by atoms with Gasteiger partial charge in [-0.25, -0.2) is 8.42 Å². The highest BCUT2D eigenvalue weighted by Crippen LogP contribution is 2.36. The maximum absolute atomic E-state index is 12.2. The van der Waals surface area contributed by atoms with Crippen LogP contribution in [0.1, 0.15) is 19.8 Å². The second-order valence-electron chi connectivity index (χ2n) is 3.50. The molecule has 1 heterocycles. The Bertz CT molecular complexity index is 450. The summed E-state index contributed by atoms with van der Waals surface area (Å²) in [6.07, 6.45) is 1.99. The standard InChI is InChI=1S/C9H12BrNO2S2/c1-2-11(7-3-4-7)15(12,13)9-8(10)5-6-14-9/h5-7H,2-4H2,1H3. The summed E-state index contributed by atoms with van der Waals surface area (Å²) in [5.74, 6) is 0. The van der Waals surface area contributed by atoms with Crippen LogP contribution < -0.4 is 0 Å². The molecule has 0 bridgehead atoms. The molecule has 1 aliphatic rings. The van der Waals surface area contributed by atoms with Gasteiger partial charge in [-0.2, -0.15) is 4.31 Å². The molecule has 0 radical (unpaired) electrons. The van der Waals surface area contributed by atoms with Crippen LogP contribution >= 0.6 is 27.3 Å². The quantitative estimate of drug-likeness (QED) is 0.857. The lowest BCUT2D eigenvalue weighted by atomic mass is 10.6. The zero-order valence-electron chi connectivity index (χ0n) is 8.31. The van der Waals surface area contributed by atoms with Gasteiger partial charge in [0.15, 0.2) is 0 Å². The van der Waals surface area contributed by atoms with Crippen LogP contribution in [0, 0.1) is 0 Å². The van der Waals surface area contributed by atoms with Crippen molar-refractivity contribution in [2.24, 2.45) is 0 Å². The summed E-state index contributed by atoms with van der Waals surface area (Å²) >= 11 is 4.54. The van der Waals surface area contributed by atoms with Crippen LogP contribution in [0.2, 0.25) is 0 Å². The van der Waals surface area contributed by atoms with Crippen molar-refractivity contribution in [2.75, 3.05) is 6.54 Å². The van der Waals surface area contributed by atoms with Gasteiger partial charge < -0.3 is 0 Å². The summed E-state index contributed by atoms with van der Waals surface area (Å²) in [7, 11) is -3.27. The van der Waals surface area contributed by atoms with Gasteiger partial charge in [0.1, 0.15) is 4.21 Å². The van der Waals surface area contributed by atoms with Crippen molar-refractivity contribution in [3.05, 3.63) is 15.9 Å². The summed E-state index contributed by atoms with van der Waals surface area (Å²) in [5.41, 5.74) is 0. The normalized spacial score (nSPS) is 17.3. The first-order valence-electron chi connectivity index (χ1n) is 4.82. The monoisotopic (exact) mass is 309 g/mol. The van der Waals surface area contributed by atoms with E-state index in [9.17, 15) is 8.42 Å². The van der Waals surface area contributed by atoms with Gasteiger partial charge in [-0.3, -0.25) is 0 Å². The molecule has 1 fully saturated rings. The van der Waals surface area contributed by atoms with Crippen LogP contribution in [0.25, 0.3) is 0 Å². The molecule has 0 aliphatic heterocycles. The summed E-state index contributed by atoms with van der Waals surface area (Å²) in [6.45, 7) is 2.44. The Morgan fingerprint density at radius 3 is 2.67 bits per heavy atom. The van der Waals surface area contributed by atoms with E-state index in [0.29, 0.717) is 15.2 Å². The van der Waals surface area contributed by atoms with E-state index >= 15 is 0 Å². The minimum atomic E-state index is -3.27. The van der Waals surface area contributed by atoms with Gasteiger partial charge in [0, 0.05) is 17.1 Å². The smallest absolute Gasteiger partial charge is 0.206 e. The van der Waals surface area contributed by atoms with Crippen LogP contribution in [0.15, 0.2) is 20.1 Å². The molecule has 15 heavy (non-hydrogen) atoms. The summed E-state index contributed by atoms with van der Waals surface area (Å²) in [5, 5.41) is 1.79. The highest BCUT2D eigenvalue weighted by molar-refractivity contribution is 9.10. The van der Waals surface area contributed by atoms with E-state index in [1.807, 2.05) is 6.92 Å². The van der Waals surface area contributed by atoms with Crippen molar-refractivity contribution in [3.8, 4) is 0 Å². The van der Waals surface area contributed by atoms with E-state index in [-0.39, 0.29) is 6.04 Å². The molecule has 0 unspecified atom stereocenters. The Balaban J connectivity index is 2.37. The van der Waals surface area contributed by atoms with Crippen molar-refractivity contribution in [2.45, 2.75) is 30.0 Å². The lowest BCUT2D eigenvalue weighted by Crippen LogP contribution is -2.32. The predicted octanol–water partition coefficient (Wildman–Crippen LogP) is 2.68. The molecule has 0 amide bonds. The maximum Gasteiger partial charge on any atom is 0.253 e. The molecule has 0 spiro atoms. The first-order chi connectivity index (χ1) is 7.07. The molecule has 0 saturated heterocycles. The molecule has 6 heteroatoms. The van der Waals surface area contributed by atoms with E-state index in [4.69, 9.17) is 0 Å². The SMILES string of the molecule is CCN(C1CC1)S(=O)(=O)c1sccc1Br. The first kappa shape index (κ1) is 11.6. The number of nitrogens with zero attached hydrogens (tertiary/aromatic N) is 1. The van der Waals surface area contributed by atoms with Crippen molar-refractivity contribution >= 4 is 37.3 Å². The van der Waals surface area contributed by atoms with Crippen LogP contribution in [0.4, 0.5) is 0 Å². The maximum atomic E-state index is 12.2. The van der Waals surface area contributed by atoms with Gasteiger partial charge in [-0.1, -0.05) is 6.92 Å². The Morgan fingerprint density at radius 1 is 1.60 bits per heavy atom. The van der Waals surface area contributed by atoms with Crippen molar-refractivity contribution in [3.63, 3.8) is 0 Å². The molecule has 84 valence electrons. The van der Waals surface area contributed by atoms with E-state index < -0.39 is 10.0 Å². The molecule has 1 saturated carbocycles. The molecule has 1 aromatic heterocycles. The van der Waals surface area contributed by atoms with Gasteiger partial charge in [0.05, 0.1) is 0 Å². The average molecular weight is 310 g/mol. The third-order valence-corrected chi connectivity index (χ3v) is 7.07. The highest BCUT2D eigenvalue weighted by atomic mass is 79.9. The topological polar surface area (TPSA) is 37.4 Å². The number of sulfonamides is 1. The average Bonchev–Trinajstić information content (AvgIpc) is 2.88. The molecule has 1 aromatic rings. The lowest BCUT2D eigenvalue weighted by molar-refractivity contribution is 0.422. The molecule has 1 aliphatic carbocycles. The van der Waals surface area contributed by atoms with Crippen LogP contribution in [-0.2, 0) is 10.0 Å². The van der Waals surface area contributed by atoms with E-state index in [0.717, 1.165) is 12.8 Å². The third-order valence-electron chi connectivity index (χ3n) is 2.39. The zero-order valence-corrected chi connectivity index (χ0v) is 11.5. The van der Waals surface area contributed by atoms with Crippen LogP contribution in [0.5, 0.6) is 0 Å². The first-order valence-corrected chi connectivity index (χ1v) is 7.93. The van der Waals surface area contributed by atoms with Gasteiger partial charge in [-0.05, 0) is 40.2 Å². The number of rotatable bonds is 4. The van der Waals surface area contributed by atoms with Gasteiger partial charge in [-0.15, -0.1) is 11.3 Å². The fraction of sp³-hybridized carbons (Fsp3) is 0.556. The molecule has 2 rings (SSSR count). The van der Waals surface area contributed by atoms with Gasteiger partial charge in [0.2, 0.25) is 0 Å². The summed E-state index contributed by atoms with van der Waals surface area (Å²) < 4.78 is 27.2. The number of halogens is 1. The van der Waals surface area contributed by atoms with Gasteiger partial charge in [0.25, 0.3) is 10.0 Å². The van der Waals surface area contributed by atoms with Crippen LogP contribution in [0.3, 0.4) is 0 Å². The minimum Gasteiger partial charge on any atom is -0.206 e. The number of hydrogen-bond acceptors (Lipinski definition) is 3. The molecule has 0 aromatic carbocycles. The van der Waals surface area contributed by atoms with E-state index in [2.05, 4.69) is 15.9 Å². The van der Waals surface area contributed by atoms with E-state index in [1.54, 1.807) is 15.8 Å². The fourth-order valence-corrected chi connectivity index (χ4v) is 5.68. The summed E-state index contributed by atoms with van der Waals surface area (Å²) in [6, 6.07) is 2.01. The second kappa shape index (κ2) is 4.16. The molecule has 0 N–H and O–H groups in total. The van der Waals surface area contributed by atoms with Crippen molar-refractivity contribution in [1.82, 2.24) is 4.31 Å². The molecular formula is C9H12BrNO2S2. The van der Waals surface area contributed by atoms with Crippen molar-refractivity contribution < 1.29 is 8.42 Å².